The van der Waals surface area contributed by atoms with E-state index in [1.165, 1.54) is 0 Å². The number of pyridine rings is 1. The fraction of sp³-hybridized carbons (Fsp3) is 0.545. The molecule has 0 aliphatic rings. The lowest BCUT2D eigenvalue weighted by molar-refractivity contribution is 0.289. The third-order valence-corrected chi connectivity index (χ3v) is 2.35. The minimum Gasteiger partial charge on any atom is -0.396 e. The summed E-state index contributed by atoms with van der Waals surface area (Å²) >= 11 is 0. The standard InChI is InChI=1S/C11H19N3O/c1-2-14(7-4-8-15)11-10(9-12)5-3-6-13-11/h3,5-6,15H,2,4,7-9,12H2,1H3. The van der Waals surface area contributed by atoms with Gasteiger partial charge in [-0.05, 0) is 19.4 Å². The van der Waals surface area contributed by atoms with E-state index in [-0.39, 0.29) is 6.61 Å². The van der Waals surface area contributed by atoms with Crippen molar-refractivity contribution in [3.63, 3.8) is 0 Å². The molecule has 0 aliphatic carbocycles. The average molecular weight is 209 g/mol. The predicted octanol–water partition coefficient (Wildman–Crippen LogP) is 0.749. The first-order valence-electron chi connectivity index (χ1n) is 5.33. The molecular formula is C11H19N3O. The summed E-state index contributed by atoms with van der Waals surface area (Å²) in [6.07, 6.45) is 2.53. The van der Waals surface area contributed by atoms with E-state index in [9.17, 15) is 0 Å². The maximum atomic E-state index is 8.81. The first-order valence-corrected chi connectivity index (χ1v) is 5.33. The van der Waals surface area contributed by atoms with Crippen LogP contribution in [-0.4, -0.2) is 29.8 Å². The zero-order valence-electron chi connectivity index (χ0n) is 9.19. The fourth-order valence-corrected chi connectivity index (χ4v) is 1.55. The predicted molar refractivity (Wildman–Crippen MR) is 61.7 cm³/mol. The summed E-state index contributed by atoms with van der Waals surface area (Å²) in [5.41, 5.74) is 6.71. The first kappa shape index (κ1) is 11.9. The molecule has 0 saturated heterocycles. The molecule has 0 unspecified atom stereocenters. The van der Waals surface area contributed by atoms with Gasteiger partial charge in [0, 0.05) is 38.0 Å². The monoisotopic (exact) mass is 209 g/mol. The summed E-state index contributed by atoms with van der Waals surface area (Å²) in [6, 6.07) is 3.88. The van der Waals surface area contributed by atoms with Gasteiger partial charge in [0.05, 0.1) is 0 Å². The molecule has 1 aromatic rings. The van der Waals surface area contributed by atoms with Gasteiger partial charge in [-0.25, -0.2) is 4.98 Å². The minimum absolute atomic E-state index is 0.210. The van der Waals surface area contributed by atoms with Gasteiger partial charge in [0.15, 0.2) is 0 Å². The van der Waals surface area contributed by atoms with Gasteiger partial charge < -0.3 is 15.7 Å². The highest BCUT2D eigenvalue weighted by atomic mass is 16.3. The molecule has 0 amide bonds. The summed E-state index contributed by atoms with van der Waals surface area (Å²) in [6.45, 7) is 4.48. The van der Waals surface area contributed by atoms with Gasteiger partial charge >= 0.3 is 0 Å². The largest absolute Gasteiger partial charge is 0.396 e. The number of nitrogens with zero attached hydrogens (tertiary/aromatic N) is 2. The summed E-state index contributed by atoms with van der Waals surface area (Å²) < 4.78 is 0. The molecule has 4 heteroatoms. The number of hydrogen-bond donors (Lipinski definition) is 2. The molecule has 0 aliphatic heterocycles. The van der Waals surface area contributed by atoms with Gasteiger partial charge in [0.2, 0.25) is 0 Å². The molecule has 1 heterocycles. The van der Waals surface area contributed by atoms with Crippen molar-refractivity contribution in [3.8, 4) is 0 Å². The molecular weight excluding hydrogens is 190 g/mol. The molecule has 0 atom stereocenters. The number of aliphatic hydroxyl groups excluding tert-OH is 1. The van der Waals surface area contributed by atoms with Gasteiger partial charge in [-0.15, -0.1) is 0 Å². The molecule has 4 nitrogen and oxygen atoms in total. The molecule has 0 bridgehead atoms. The Bertz CT molecular complexity index is 291. The molecule has 0 spiro atoms. The number of aromatic nitrogens is 1. The highest BCUT2D eigenvalue weighted by molar-refractivity contribution is 5.46. The molecule has 0 saturated carbocycles. The van der Waals surface area contributed by atoms with E-state index in [4.69, 9.17) is 10.8 Å². The third kappa shape index (κ3) is 3.18. The van der Waals surface area contributed by atoms with Crippen LogP contribution in [0.3, 0.4) is 0 Å². The second-order valence-corrected chi connectivity index (χ2v) is 3.35. The number of aliphatic hydroxyl groups is 1. The van der Waals surface area contributed by atoms with Crippen molar-refractivity contribution >= 4 is 5.82 Å². The highest BCUT2D eigenvalue weighted by Gasteiger charge is 2.08. The van der Waals surface area contributed by atoms with Crippen LogP contribution in [0.5, 0.6) is 0 Å². The van der Waals surface area contributed by atoms with Crippen molar-refractivity contribution in [3.05, 3.63) is 23.9 Å². The minimum atomic E-state index is 0.210. The van der Waals surface area contributed by atoms with E-state index in [1.54, 1.807) is 6.20 Å². The fourth-order valence-electron chi connectivity index (χ4n) is 1.55. The van der Waals surface area contributed by atoms with Crippen molar-refractivity contribution in [1.29, 1.82) is 0 Å². The van der Waals surface area contributed by atoms with E-state index in [2.05, 4.69) is 16.8 Å². The van der Waals surface area contributed by atoms with Crippen LogP contribution in [0.4, 0.5) is 5.82 Å². The Hall–Kier alpha value is -1.13. The quantitative estimate of drug-likeness (QED) is 0.725. The van der Waals surface area contributed by atoms with Gasteiger partial charge in [-0.3, -0.25) is 0 Å². The van der Waals surface area contributed by atoms with Crippen molar-refractivity contribution in [1.82, 2.24) is 4.98 Å². The summed E-state index contributed by atoms with van der Waals surface area (Å²) in [7, 11) is 0. The SMILES string of the molecule is CCN(CCCO)c1ncccc1CN. The van der Waals surface area contributed by atoms with E-state index in [0.717, 1.165) is 30.9 Å². The van der Waals surface area contributed by atoms with Crippen LogP contribution >= 0.6 is 0 Å². The average Bonchev–Trinajstić information content (AvgIpc) is 2.30. The van der Waals surface area contributed by atoms with Crippen LogP contribution in [0.25, 0.3) is 0 Å². The van der Waals surface area contributed by atoms with Crippen LogP contribution in [0.15, 0.2) is 18.3 Å². The van der Waals surface area contributed by atoms with Crippen molar-refractivity contribution in [2.24, 2.45) is 5.73 Å². The Labute approximate surface area is 90.7 Å². The van der Waals surface area contributed by atoms with Crippen molar-refractivity contribution < 1.29 is 5.11 Å². The molecule has 0 radical (unpaired) electrons. The number of hydrogen-bond acceptors (Lipinski definition) is 4. The number of rotatable bonds is 6. The lowest BCUT2D eigenvalue weighted by Gasteiger charge is -2.23. The summed E-state index contributed by atoms with van der Waals surface area (Å²) in [5.74, 6) is 0.941. The normalized spacial score (nSPS) is 10.3. The second kappa shape index (κ2) is 6.37. The van der Waals surface area contributed by atoms with Gasteiger partial charge in [0.25, 0.3) is 0 Å². The molecule has 84 valence electrons. The number of anilines is 1. The summed E-state index contributed by atoms with van der Waals surface area (Å²) in [5, 5.41) is 8.81. The zero-order valence-corrected chi connectivity index (χ0v) is 9.19. The Morgan fingerprint density at radius 2 is 2.33 bits per heavy atom. The Balaban J connectivity index is 2.80. The molecule has 0 fully saturated rings. The Morgan fingerprint density at radius 3 is 2.93 bits per heavy atom. The highest BCUT2D eigenvalue weighted by Crippen LogP contribution is 2.16. The molecule has 3 N–H and O–H groups in total. The van der Waals surface area contributed by atoms with Gasteiger partial charge in [-0.2, -0.15) is 0 Å². The van der Waals surface area contributed by atoms with Crippen molar-refractivity contribution in [2.75, 3.05) is 24.6 Å². The second-order valence-electron chi connectivity index (χ2n) is 3.35. The summed E-state index contributed by atoms with van der Waals surface area (Å²) in [4.78, 5) is 6.48. The lowest BCUT2D eigenvalue weighted by atomic mass is 10.2. The van der Waals surface area contributed by atoms with Crippen LogP contribution in [0.1, 0.15) is 18.9 Å². The first-order chi connectivity index (χ1) is 7.33. The maximum absolute atomic E-state index is 8.81. The number of nitrogens with two attached hydrogens (primary N) is 1. The van der Waals surface area contributed by atoms with Crippen LogP contribution in [0, 0.1) is 0 Å². The lowest BCUT2D eigenvalue weighted by Crippen LogP contribution is -2.27. The van der Waals surface area contributed by atoms with Gasteiger partial charge in [0.1, 0.15) is 5.82 Å². The van der Waals surface area contributed by atoms with E-state index in [1.807, 2.05) is 12.1 Å². The molecule has 1 rings (SSSR count). The molecule has 15 heavy (non-hydrogen) atoms. The van der Waals surface area contributed by atoms with E-state index >= 15 is 0 Å². The third-order valence-electron chi connectivity index (χ3n) is 2.35. The topological polar surface area (TPSA) is 62.4 Å². The van der Waals surface area contributed by atoms with Crippen LogP contribution < -0.4 is 10.6 Å². The molecule has 1 aromatic heterocycles. The van der Waals surface area contributed by atoms with E-state index in [0.29, 0.717) is 6.54 Å². The smallest absolute Gasteiger partial charge is 0.132 e. The Kier molecular flexibility index (Phi) is 5.07. The van der Waals surface area contributed by atoms with Crippen molar-refractivity contribution in [2.45, 2.75) is 19.9 Å². The molecule has 0 aromatic carbocycles. The zero-order chi connectivity index (χ0) is 11.1. The van der Waals surface area contributed by atoms with E-state index < -0.39 is 0 Å². The van der Waals surface area contributed by atoms with Crippen LogP contribution in [-0.2, 0) is 6.54 Å². The van der Waals surface area contributed by atoms with Gasteiger partial charge in [-0.1, -0.05) is 6.07 Å². The van der Waals surface area contributed by atoms with Crippen LogP contribution in [0.2, 0.25) is 0 Å². The maximum Gasteiger partial charge on any atom is 0.132 e. The Morgan fingerprint density at radius 1 is 1.53 bits per heavy atom.